The van der Waals surface area contributed by atoms with E-state index in [1.807, 2.05) is 6.20 Å². The van der Waals surface area contributed by atoms with Gasteiger partial charge in [0.05, 0.1) is 0 Å². The van der Waals surface area contributed by atoms with Crippen LogP contribution in [-0.4, -0.2) is 4.98 Å². The predicted molar refractivity (Wildman–Crippen MR) is 146 cm³/mol. The van der Waals surface area contributed by atoms with Crippen molar-refractivity contribution in [1.82, 2.24) is 9.47 Å². The van der Waals surface area contributed by atoms with Gasteiger partial charge in [0.1, 0.15) is 25.3 Å². The highest BCUT2D eigenvalue weighted by Crippen LogP contribution is 2.35. The average molecular weight is 491 g/mol. The minimum Gasteiger partial charge on any atom is -1.00 e. The van der Waals surface area contributed by atoms with Crippen molar-refractivity contribution in [3.05, 3.63) is 168 Å². The van der Waals surface area contributed by atoms with E-state index in [0.717, 1.165) is 36.2 Å². The smallest absolute Gasteiger partial charge is 0.155 e. The fourth-order valence-corrected chi connectivity index (χ4v) is 5.01. The summed E-state index contributed by atoms with van der Waals surface area (Å²) in [6, 6.07) is 47.7. The van der Waals surface area contributed by atoms with Gasteiger partial charge in [0, 0.05) is 35.4 Å². The zero-order valence-electron chi connectivity index (χ0n) is 20.4. The maximum absolute atomic E-state index is 4.95. The van der Waals surface area contributed by atoms with Gasteiger partial charge in [-0.15, -0.1) is 0 Å². The second-order valence-electron chi connectivity index (χ2n) is 9.21. The molecule has 0 spiro atoms. The summed E-state index contributed by atoms with van der Waals surface area (Å²) >= 11 is 0. The molecule has 4 aromatic carbocycles. The minimum absolute atomic E-state index is 0. The zero-order valence-corrected chi connectivity index (χ0v) is 21.1. The minimum atomic E-state index is 0. The highest BCUT2D eigenvalue weighted by Gasteiger charge is 2.34. The highest BCUT2D eigenvalue weighted by atomic mass is 35.5. The predicted octanol–water partition coefficient (Wildman–Crippen LogP) is 4.58. The van der Waals surface area contributed by atoms with Gasteiger partial charge < -0.3 is 12.4 Å². The first-order valence-electron chi connectivity index (χ1n) is 12.3. The number of halogens is 1. The van der Waals surface area contributed by atoms with Crippen LogP contribution in [0.2, 0.25) is 0 Å². The van der Waals surface area contributed by atoms with Crippen molar-refractivity contribution < 1.29 is 12.4 Å². The first kappa shape index (κ1) is 25.4. The second-order valence-corrected chi connectivity index (χ2v) is 9.21. The van der Waals surface area contributed by atoms with Crippen molar-refractivity contribution in [2.45, 2.75) is 26.1 Å². The molecule has 0 saturated carbocycles. The van der Waals surface area contributed by atoms with E-state index in [9.17, 15) is 0 Å². The summed E-state index contributed by atoms with van der Waals surface area (Å²) in [7, 11) is 0. The van der Waals surface area contributed by atoms with Crippen LogP contribution in [0.15, 0.2) is 140 Å². The van der Waals surface area contributed by atoms with Crippen LogP contribution < -0.4 is 16.9 Å². The highest BCUT2D eigenvalue weighted by molar-refractivity contribution is 5.50. The fraction of sp³-hybridized carbons (Fsp3) is 0.121. The molecule has 0 radical (unpaired) electrons. The Morgan fingerprint density at radius 1 is 0.444 bits per heavy atom. The van der Waals surface area contributed by atoms with E-state index in [1.54, 1.807) is 0 Å². The van der Waals surface area contributed by atoms with Crippen LogP contribution in [0.3, 0.4) is 0 Å². The molecule has 1 aromatic heterocycles. The third-order valence-corrected chi connectivity index (χ3v) is 6.58. The Kier molecular flexibility index (Phi) is 8.67. The summed E-state index contributed by atoms with van der Waals surface area (Å²) in [5.41, 5.74) is 7.69. The Bertz CT molecular complexity index is 1220. The molecular formula is C33H31ClN2. The van der Waals surface area contributed by atoms with E-state index < -0.39 is 0 Å². The number of hydrogen-bond acceptors (Lipinski definition) is 1. The maximum Gasteiger partial charge on any atom is 0.155 e. The van der Waals surface area contributed by atoms with Crippen LogP contribution in [0.4, 0.5) is 5.69 Å². The van der Waals surface area contributed by atoms with Gasteiger partial charge in [-0.05, 0) is 11.6 Å². The largest absolute Gasteiger partial charge is 1.00 e. The SMILES string of the molecule is [Cl-].c1ccc(Cc2ncccc2[N+](Cc2ccccc2)(Cc2ccccc2)Cc2ccccc2)cc1. The van der Waals surface area contributed by atoms with Crippen LogP contribution in [0.5, 0.6) is 0 Å². The molecule has 0 aliphatic rings. The number of pyridine rings is 1. The quantitative estimate of drug-likeness (QED) is 0.275. The maximum atomic E-state index is 4.95. The molecule has 0 fully saturated rings. The van der Waals surface area contributed by atoms with Gasteiger partial charge in [-0.3, -0.25) is 9.47 Å². The molecule has 0 aliphatic carbocycles. The summed E-state index contributed by atoms with van der Waals surface area (Å²) in [6.07, 6.45) is 2.75. The van der Waals surface area contributed by atoms with E-state index >= 15 is 0 Å². The monoisotopic (exact) mass is 490 g/mol. The van der Waals surface area contributed by atoms with Gasteiger partial charge in [-0.2, -0.15) is 0 Å². The summed E-state index contributed by atoms with van der Waals surface area (Å²) < 4.78 is 0.772. The lowest BCUT2D eigenvalue weighted by atomic mass is 10.0. The van der Waals surface area contributed by atoms with E-state index in [0.29, 0.717) is 0 Å². The topological polar surface area (TPSA) is 12.9 Å². The summed E-state index contributed by atoms with van der Waals surface area (Å²) in [5.74, 6) is 0. The van der Waals surface area contributed by atoms with E-state index in [4.69, 9.17) is 4.98 Å². The van der Waals surface area contributed by atoms with Gasteiger partial charge in [0.2, 0.25) is 0 Å². The molecule has 0 unspecified atom stereocenters. The van der Waals surface area contributed by atoms with Crippen LogP contribution in [0.25, 0.3) is 0 Å². The van der Waals surface area contributed by atoms with E-state index in [-0.39, 0.29) is 12.4 Å². The summed E-state index contributed by atoms with van der Waals surface area (Å²) in [5, 5.41) is 0. The fourth-order valence-electron chi connectivity index (χ4n) is 5.01. The molecule has 0 amide bonds. The third-order valence-electron chi connectivity index (χ3n) is 6.58. The molecule has 3 heteroatoms. The van der Waals surface area contributed by atoms with Crippen LogP contribution in [-0.2, 0) is 26.1 Å². The Balaban J connectivity index is 0.00000304. The van der Waals surface area contributed by atoms with Crippen molar-refractivity contribution in [3.8, 4) is 0 Å². The van der Waals surface area contributed by atoms with Crippen molar-refractivity contribution >= 4 is 5.69 Å². The first-order valence-corrected chi connectivity index (χ1v) is 12.3. The van der Waals surface area contributed by atoms with Gasteiger partial charge in [0.25, 0.3) is 0 Å². The summed E-state index contributed by atoms with van der Waals surface area (Å²) in [4.78, 5) is 4.95. The zero-order chi connectivity index (χ0) is 23.8. The molecule has 1 heterocycles. The molecule has 180 valence electrons. The molecule has 36 heavy (non-hydrogen) atoms. The Labute approximate surface area is 220 Å². The normalized spacial score (nSPS) is 11.0. The van der Waals surface area contributed by atoms with Crippen LogP contribution >= 0.6 is 0 Å². The van der Waals surface area contributed by atoms with Crippen LogP contribution in [0, 0.1) is 0 Å². The number of hydrogen-bond donors (Lipinski definition) is 0. The second kappa shape index (κ2) is 12.3. The lowest BCUT2D eigenvalue weighted by molar-refractivity contribution is -0.00000734. The van der Waals surface area contributed by atoms with Crippen molar-refractivity contribution in [1.29, 1.82) is 0 Å². The molecule has 0 N–H and O–H groups in total. The van der Waals surface area contributed by atoms with Gasteiger partial charge in [0.15, 0.2) is 5.69 Å². The van der Waals surface area contributed by atoms with Gasteiger partial charge >= 0.3 is 0 Å². The van der Waals surface area contributed by atoms with Crippen molar-refractivity contribution in [2.24, 2.45) is 0 Å². The standard InChI is InChI=1S/C33H31N2.ClH/c1-5-14-28(15-6-1)24-32-33(22-13-23-34-32)35(25-29-16-7-2-8-17-29,26-30-18-9-3-10-19-30)27-31-20-11-4-12-21-31;/h1-23H,24-27H2;1H/q+1;/p-1. The van der Waals surface area contributed by atoms with Crippen molar-refractivity contribution in [3.63, 3.8) is 0 Å². The number of rotatable bonds is 9. The Hall–Kier alpha value is -3.72. The van der Waals surface area contributed by atoms with Crippen LogP contribution in [0.1, 0.15) is 27.9 Å². The van der Waals surface area contributed by atoms with E-state index in [2.05, 4.69) is 133 Å². The molecule has 0 atom stereocenters. The van der Waals surface area contributed by atoms with Gasteiger partial charge in [-0.1, -0.05) is 121 Å². The lowest BCUT2D eigenvalue weighted by Crippen LogP contribution is -3.00. The number of nitrogens with zero attached hydrogens (tertiary/aromatic N) is 2. The average Bonchev–Trinajstić information content (AvgIpc) is 2.91. The van der Waals surface area contributed by atoms with Gasteiger partial charge in [-0.25, -0.2) is 0 Å². The summed E-state index contributed by atoms with van der Waals surface area (Å²) in [6.45, 7) is 2.66. The van der Waals surface area contributed by atoms with Crippen molar-refractivity contribution in [2.75, 3.05) is 0 Å². The third kappa shape index (κ3) is 6.28. The molecular weight excluding hydrogens is 460 g/mol. The molecule has 0 saturated heterocycles. The first-order chi connectivity index (χ1) is 17.3. The Morgan fingerprint density at radius 3 is 1.25 bits per heavy atom. The molecule has 5 aromatic rings. The Morgan fingerprint density at radius 2 is 0.833 bits per heavy atom. The van der Waals surface area contributed by atoms with E-state index in [1.165, 1.54) is 27.9 Å². The number of benzene rings is 4. The molecule has 0 aliphatic heterocycles. The number of quaternary nitrogens is 1. The number of aromatic nitrogens is 1. The molecule has 0 bridgehead atoms. The lowest BCUT2D eigenvalue weighted by Gasteiger charge is -2.39. The molecule has 2 nitrogen and oxygen atoms in total. The molecule has 5 rings (SSSR count).